The zero-order valence-electron chi connectivity index (χ0n) is 12.7. The highest BCUT2D eigenvalue weighted by atomic mass is 16.5. The molecule has 0 bridgehead atoms. The van der Waals surface area contributed by atoms with E-state index in [1.807, 2.05) is 19.1 Å². The van der Waals surface area contributed by atoms with Gasteiger partial charge in [-0.25, -0.2) is 4.99 Å². The van der Waals surface area contributed by atoms with Gasteiger partial charge in [-0.3, -0.25) is 4.98 Å². The molecule has 114 valence electrons. The molecule has 21 heavy (non-hydrogen) atoms. The predicted molar refractivity (Wildman–Crippen MR) is 83.7 cm³/mol. The van der Waals surface area contributed by atoms with Crippen molar-refractivity contribution < 1.29 is 9.47 Å². The molecule has 0 fully saturated rings. The van der Waals surface area contributed by atoms with Crippen LogP contribution in [0.4, 0.5) is 0 Å². The zero-order valence-corrected chi connectivity index (χ0v) is 12.7. The molecule has 0 saturated carbocycles. The first-order valence-corrected chi connectivity index (χ1v) is 6.54. The third kappa shape index (κ3) is 5.27. The highest BCUT2D eigenvalue weighted by Crippen LogP contribution is 2.08. The number of nitrogens with two attached hydrogens (primary N) is 1. The molecule has 1 atom stereocenters. The van der Waals surface area contributed by atoms with Gasteiger partial charge in [-0.15, -0.1) is 0 Å². The average Bonchev–Trinajstić information content (AvgIpc) is 2.49. The molecule has 1 heterocycles. The van der Waals surface area contributed by atoms with E-state index in [-0.39, 0.29) is 6.04 Å². The minimum Gasteiger partial charge on any atom is -0.493 e. The van der Waals surface area contributed by atoms with Crippen molar-refractivity contribution in [1.29, 1.82) is 0 Å². The quantitative estimate of drug-likeness (QED) is 0.327. The van der Waals surface area contributed by atoms with E-state index in [1.54, 1.807) is 32.6 Å². The summed E-state index contributed by atoms with van der Waals surface area (Å²) in [6.45, 7) is 6.20. The van der Waals surface area contributed by atoms with Crippen LogP contribution >= 0.6 is 0 Å². The summed E-state index contributed by atoms with van der Waals surface area (Å²) in [5, 5.41) is 3.18. The minimum absolute atomic E-state index is 0.0374. The van der Waals surface area contributed by atoms with Crippen LogP contribution in [-0.4, -0.2) is 37.7 Å². The average molecular weight is 290 g/mol. The molecule has 0 aliphatic rings. The highest BCUT2D eigenvalue weighted by Gasteiger charge is 2.10. The molecule has 0 spiro atoms. The molecule has 1 unspecified atom stereocenters. The summed E-state index contributed by atoms with van der Waals surface area (Å²) in [7, 11) is 3.18. The van der Waals surface area contributed by atoms with E-state index in [0.717, 1.165) is 0 Å². The maximum Gasteiger partial charge on any atom is 0.171 e. The van der Waals surface area contributed by atoms with Crippen molar-refractivity contribution in [2.45, 2.75) is 13.0 Å². The first-order valence-electron chi connectivity index (χ1n) is 6.54. The Morgan fingerprint density at radius 1 is 1.52 bits per heavy atom. The van der Waals surface area contributed by atoms with Crippen LogP contribution < -0.4 is 11.1 Å². The van der Waals surface area contributed by atoms with Gasteiger partial charge in [0.15, 0.2) is 17.4 Å². The standard InChI is InChI=1S/C15H22N4O2/c1-5-13(21-4)15(18-11(2)10-20-3)19-14(16)12-8-6-7-9-17-12/h5-9,11,18H,1,10H2,2-4H3,(H2,16,19)/b15-13+. The lowest BCUT2D eigenvalue weighted by molar-refractivity contribution is 0.175. The van der Waals surface area contributed by atoms with Crippen LogP contribution in [0.3, 0.4) is 0 Å². The van der Waals surface area contributed by atoms with Crippen molar-refractivity contribution in [3.8, 4) is 0 Å². The summed E-state index contributed by atoms with van der Waals surface area (Å²) in [5.41, 5.74) is 6.58. The van der Waals surface area contributed by atoms with Crippen molar-refractivity contribution in [1.82, 2.24) is 10.3 Å². The summed E-state index contributed by atoms with van der Waals surface area (Å²) in [5.74, 6) is 1.27. The predicted octanol–water partition coefficient (Wildman–Crippen LogP) is 1.41. The van der Waals surface area contributed by atoms with Crippen molar-refractivity contribution >= 4 is 5.84 Å². The molecule has 0 saturated heterocycles. The Hall–Kier alpha value is -2.34. The number of allylic oxidation sites excluding steroid dienone is 1. The summed E-state index contributed by atoms with van der Waals surface area (Å²) < 4.78 is 10.3. The molecule has 6 heteroatoms. The van der Waals surface area contributed by atoms with Crippen LogP contribution in [0, 0.1) is 0 Å². The van der Waals surface area contributed by atoms with Crippen molar-refractivity contribution in [2.24, 2.45) is 10.7 Å². The van der Waals surface area contributed by atoms with Gasteiger partial charge in [0.25, 0.3) is 0 Å². The normalized spacial score (nSPS) is 14.1. The zero-order chi connectivity index (χ0) is 15.7. The molecule has 0 aliphatic carbocycles. The molecule has 1 aromatic rings. The molecule has 3 N–H and O–H groups in total. The Bertz CT molecular complexity index is 512. The number of hydrogen-bond donors (Lipinski definition) is 2. The molecule has 0 aromatic carbocycles. The van der Waals surface area contributed by atoms with E-state index in [4.69, 9.17) is 15.2 Å². The SMILES string of the molecule is C=C/C(OC)=C(\N=C(N)c1ccccn1)NC(C)COC. The van der Waals surface area contributed by atoms with Crippen LogP contribution in [-0.2, 0) is 9.47 Å². The van der Waals surface area contributed by atoms with Gasteiger partial charge in [0.2, 0.25) is 0 Å². The lowest BCUT2D eigenvalue weighted by Gasteiger charge is -2.16. The van der Waals surface area contributed by atoms with E-state index < -0.39 is 0 Å². The van der Waals surface area contributed by atoms with Gasteiger partial charge < -0.3 is 20.5 Å². The first kappa shape index (κ1) is 16.7. The Kier molecular flexibility index (Phi) is 6.97. The van der Waals surface area contributed by atoms with Gasteiger partial charge in [0.05, 0.1) is 13.7 Å². The van der Waals surface area contributed by atoms with Gasteiger partial charge in [-0.2, -0.15) is 0 Å². The van der Waals surface area contributed by atoms with Gasteiger partial charge in [0.1, 0.15) is 5.69 Å². The number of hydrogen-bond acceptors (Lipinski definition) is 5. The Labute approximate surface area is 125 Å². The highest BCUT2D eigenvalue weighted by molar-refractivity contribution is 5.96. The van der Waals surface area contributed by atoms with Crippen LogP contribution in [0.25, 0.3) is 0 Å². The maximum atomic E-state index is 5.99. The first-order chi connectivity index (χ1) is 10.1. The second kappa shape index (κ2) is 8.76. The summed E-state index contributed by atoms with van der Waals surface area (Å²) in [4.78, 5) is 8.52. The molecule has 1 aromatic heterocycles. The lowest BCUT2D eigenvalue weighted by Crippen LogP contribution is -2.31. The number of nitrogens with one attached hydrogen (secondary N) is 1. The molecule has 0 aliphatic heterocycles. The number of aliphatic imine (C=N–C) groups is 1. The van der Waals surface area contributed by atoms with Crippen molar-refractivity contribution in [3.63, 3.8) is 0 Å². The fourth-order valence-corrected chi connectivity index (χ4v) is 1.65. The van der Waals surface area contributed by atoms with E-state index in [9.17, 15) is 0 Å². The number of aromatic nitrogens is 1. The number of nitrogens with zero attached hydrogens (tertiary/aromatic N) is 2. The Morgan fingerprint density at radius 2 is 2.29 bits per heavy atom. The Balaban J connectivity index is 3.08. The lowest BCUT2D eigenvalue weighted by atomic mass is 10.3. The van der Waals surface area contributed by atoms with Crippen LogP contribution in [0.1, 0.15) is 12.6 Å². The third-order valence-electron chi connectivity index (χ3n) is 2.60. The monoisotopic (exact) mass is 290 g/mol. The molecule has 0 amide bonds. The van der Waals surface area contributed by atoms with Gasteiger partial charge in [-0.1, -0.05) is 12.6 Å². The number of amidine groups is 1. The third-order valence-corrected chi connectivity index (χ3v) is 2.60. The van der Waals surface area contributed by atoms with Crippen LogP contribution in [0.2, 0.25) is 0 Å². The van der Waals surface area contributed by atoms with Crippen LogP contribution in [0.5, 0.6) is 0 Å². The minimum atomic E-state index is 0.0374. The molecular formula is C15H22N4O2. The van der Waals surface area contributed by atoms with Gasteiger partial charge >= 0.3 is 0 Å². The fourth-order valence-electron chi connectivity index (χ4n) is 1.65. The Morgan fingerprint density at radius 3 is 2.81 bits per heavy atom. The van der Waals surface area contributed by atoms with E-state index >= 15 is 0 Å². The second-order valence-corrected chi connectivity index (χ2v) is 4.33. The van der Waals surface area contributed by atoms with Crippen molar-refractivity contribution in [3.05, 3.63) is 54.3 Å². The summed E-state index contributed by atoms with van der Waals surface area (Å²) in [6, 6.07) is 5.49. The van der Waals surface area contributed by atoms with Crippen LogP contribution in [0.15, 0.2) is 53.6 Å². The van der Waals surface area contributed by atoms with E-state index in [1.165, 1.54) is 0 Å². The number of ether oxygens (including phenoxy) is 2. The number of rotatable bonds is 8. The van der Waals surface area contributed by atoms with E-state index in [2.05, 4.69) is 21.9 Å². The largest absolute Gasteiger partial charge is 0.493 e. The second-order valence-electron chi connectivity index (χ2n) is 4.33. The molecular weight excluding hydrogens is 268 g/mol. The smallest absolute Gasteiger partial charge is 0.171 e. The maximum absolute atomic E-state index is 5.99. The summed E-state index contributed by atoms with van der Waals surface area (Å²) in [6.07, 6.45) is 3.23. The number of methoxy groups -OCH3 is 2. The number of pyridine rings is 1. The van der Waals surface area contributed by atoms with E-state index in [0.29, 0.717) is 29.7 Å². The molecule has 1 rings (SSSR count). The summed E-state index contributed by atoms with van der Waals surface area (Å²) >= 11 is 0. The van der Waals surface area contributed by atoms with Gasteiger partial charge in [0, 0.05) is 19.3 Å². The molecule has 0 radical (unpaired) electrons. The topological polar surface area (TPSA) is 81.8 Å². The van der Waals surface area contributed by atoms with Crippen molar-refractivity contribution in [2.75, 3.05) is 20.8 Å². The molecule has 6 nitrogen and oxygen atoms in total. The fraction of sp³-hybridized carbons (Fsp3) is 0.333. The van der Waals surface area contributed by atoms with Gasteiger partial charge in [-0.05, 0) is 25.1 Å².